The normalized spacial score (nSPS) is 19.4. The van der Waals surface area contributed by atoms with Gasteiger partial charge < -0.3 is 15.0 Å². The number of amides is 2. The minimum atomic E-state index is -3.61. The monoisotopic (exact) mass is 451 g/mol. The van der Waals surface area contributed by atoms with Crippen LogP contribution < -0.4 is 10.1 Å². The number of nitrogens with zero attached hydrogens (tertiary/aromatic N) is 2. The van der Waals surface area contributed by atoms with E-state index in [1.54, 1.807) is 12.1 Å². The number of ether oxygens (including phenoxy) is 1. The molecule has 1 N–H and O–H groups in total. The van der Waals surface area contributed by atoms with Gasteiger partial charge in [-0.1, -0.05) is 13.8 Å². The van der Waals surface area contributed by atoms with Crippen LogP contribution in [0.4, 0.5) is 0 Å². The van der Waals surface area contributed by atoms with E-state index >= 15 is 0 Å². The van der Waals surface area contributed by atoms with Gasteiger partial charge in [-0.3, -0.25) is 9.59 Å². The summed E-state index contributed by atoms with van der Waals surface area (Å²) in [5.74, 6) is 0.119. The summed E-state index contributed by atoms with van der Waals surface area (Å²) in [6, 6.07) is 5.77. The first-order chi connectivity index (χ1) is 14.7. The van der Waals surface area contributed by atoms with E-state index in [4.69, 9.17) is 4.74 Å². The molecule has 2 amide bonds. The molecule has 2 aliphatic heterocycles. The minimum absolute atomic E-state index is 0.00686. The highest BCUT2D eigenvalue weighted by Gasteiger charge is 2.35. The Morgan fingerprint density at radius 1 is 1.03 bits per heavy atom. The van der Waals surface area contributed by atoms with Crippen molar-refractivity contribution in [2.75, 3.05) is 33.3 Å². The van der Waals surface area contributed by atoms with Gasteiger partial charge in [0.1, 0.15) is 11.8 Å². The molecule has 172 valence electrons. The molecule has 2 saturated heterocycles. The van der Waals surface area contributed by atoms with Crippen molar-refractivity contribution in [3.63, 3.8) is 0 Å². The van der Waals surface area contributed by atoms with Crippen LogP contribution in [-0.4, -0.2) is 68.8 Å². The van der Waals surface area contributed by atoms with Gasteiger partial charge in [-0.25, -0.2) is 8.42 Å². The van der Waals surface area contributed by atoms with E-state index in [0.717, 1.165) is 25.9 Å². The van der Waals surface area contributed by atoms with Crippen LogP contribution in [0.3, 0.4) is 0 Å². The van der Waals surface area contributed by atoms with Crippen molar-refractivity contribution in [1.29, 1.82) is 0 Å². The third kappa shape index (κ3) is 5.38. The van der Waals surface area contributed by atoms with Gasteiger partial charge in [-0.2, -0.15) is 4.31 Å². The van der Waals surface area contributed by atoms with E-state index < -0.39 is 16.1 Å². The van der Waals surface area contributed by atoms with E-state index in [2.05, 4.69) is 5.32 Å². The predicted molar refractivity (Wildman–Crippen MR) is 117 cm³/mol. The van der Waals surface area contributed by atoms with E-state index in [9.17, 15) is 18.0 Å². The summed E-state index contributed by atoms with van der Waals surface area (Å²) in [5, 5.41) is 2.95. The Morgan fingerprint density at radius 3 is 2.13 bits per heavy atom. The fourth-order valence-electron chi connectivity index (χ4n) is 4.17. The number of piperidine rings is 1. The Balaban J connectivity index is 1.58. The maximum absolute atomic E-state index is 12.9. The molecule has 31 heavy (non-hydrogen) atoms. The maximum atomic E-state index is 12.9. The van der Waals surface area contributed by atoms with Gasteiger partial charge in [-0.05, 0) is 55.9 Å². The van der Waals surface area contributed by atoms with Crippen molar-refractivity contribution in [2.24, 2.45) is 11.8 Å². The molecule has 0 aliphatic carbocycles. The number of benzene rings is 1. The van der Waals surface area contributed by atoms with Crippen LogP contribution in [0.15, 0.2) is 29.2 Å². The van der Waals surface area contributed by atoms with Gasteiger partial charge in [0.25, 0.3) is 0 Å². The molecule has 2 heterocycles. The van der Waals surface area contributed by atoms with Crippen molar-refractivity contribution in [2.45, 2.75) is 50.5 Å². The van der Waals surface area contributed by atoms with E-state index in [1.807, 2.05) is 18.7 Å². The lowest BCUT2D eigenvalue weighted by Crippen LogP contribution is -2.53. The number of hydrogen-bond donors (Lipinski definition) is 1. The van der Waals surface area contributed by atoms with Crippen molar-refractivity contribution >= 4 is 21.8 Å². The molecule has 0 bridgehead atoms. The highest BCUT2D eigenvalue weighted by Crippen LogP contribution is 2.25. The fourth-order valence-corrected chi connectivity index (χ4v) is 5.64. The molecular weight excluding hydrogens is 418 g/mol. The lowest BCUT2D eigenvalue weighted by atomic mass is 9.95. The quantitative estimate of drug-likeness (QED) is 0.683. The largest absolute Gasteiger partial charge is 0.497 e. The van der Waals surface area contributed by atoms with Gasteiger partial charge in [0.2, 0.25) is 21.8 Å². The number of likely N-dealkylation sites (tertiary alicyclic amines) is 1. The lowest BCUT2D eigenvalue weighted by molar-refractivity contribution is -0.138. The molecular formula is C22H33N3O5S. The summed E-state index contributed by atoms with van der Waals surface area (Å²) in [5.41, 5.74) is 0. The van der Waals surface area contributed by atoms with Gasteiger partial charge in [0.05, 0.1) is 12.0 Å². The Kier molecular flexibility index (Phi) is 7.59. The third-order valence-electron chi connectivity index (χ3n) is 6.17. The lowest BCUT2D eigenvalue weighted by Gasteiger charge is -2.32. The molecule has 0 saturated carbocycles. The Morgan fingerprint density at radius 2 is 1.61 bits per heavy atom. The zero-order valence-electron chi connectivity index (χ0n) is 18.5. The summed E-state index contributed by atoms with van der Waals surface area (Å²) in [7, 11) is -2.08. The summed E-state index contributed by atoms with van der Waals surface area (Å²) < 4.78 is 32.3. The molecule has 1 aromatic rings. The molecule has 0 spiro atoms. The smallest absolute Gasteiger partial charge is 0.245 e. The van der Waals surface area contributed by atoms with Crippen LogP contribution in [0.2, 0.25) is 0 Å². The number of sulfonamides is 1. The minimum Gasteiger partial charge on any atom is -0.497 e. The molecule has 0 unspecified atom stereocenters. The number of nitrogens with one attached hydrogen (secondary N) is 1. The van der Waals surface area contributed by atoms with Gasteiger partial charge in [0.15, 0.2) is 0 Å². The summed E-state index contributed by atoms with van der Waals surface area (Å²) >= 11 is 0. The highest BCUT2D eigenvalue weighted by atomic mass is 32.2. The first-order valence-electron chi connectivity index (χ1n) is 11.0. The predicted octanol–water partition coefficient (Wildman–Crippen LogP) is 1.86. The number of hydrogen-bond acceptors (Lipinski definition) is 5. The second-order valence-electron chi connectivity index (χ2n) is 8.62. The number of rotatable bonds is 7. The topological polar surface area (TPSA) is 96.0 Å². The van der Waals surface area contributed by atoms with E-state index in [1.165, 1.54) is 23.5 Å². The molecule has 9 heteroatoms. The van der Waals surface area contributed by atoms with Crippen LogP contribution >= 0.6 is 0 Å². The van der Waals surface area contributed by atoms with Crippen LogP contribution in [-0.2, 0) is 19.6 Å². The number of methoxy groups -OCH3 is 1. The zero-order valence-corrected chi connectivity index (χ0v) is 19.4. The summed E-state index contributed by atoms with van der Waals surface area (Å²) in [6.45, 7) is 5.92. The van der Waals surface area contributed by atoms with E-state index in [-0.39, 0.29) is 41.6 Å². The van der Waals surface area contributed by atoms with Crippen LogP contribution in [0, 0.1) is 11.8 Å². The van der Waals surface area contributed by atoms with Gasteiger partial charge >= 0.3 is 0 Å². The van der Waals surface area contributed by atoms with Crippen molar-refractivity contribution in [3.05, 3.63) is 24.3 Å². The molecule has 2 fully saturated rings. The molecule has 0 aromatic heterocycles. The first-order valence-corrected chi connectivity index (χ1v) is 12.4. The maximum Gasteiger partial charge on any atom is 0.245 e. The second-order valence-corrected chi connectivity index (χ2v) is 10.6. The Bertz CT molecular complexity index is 871. The van der Waals surface area contributed by atoms with Gasteiger partial charge in [0, 0.05) is 32.1 Å². The van der Waals surface area contributed by atoms with Crippen LogP contribution in [0.5, 0.6) is 5.75 Å². The first kappa shape index (κ1) is 23.5. The number of carbonyl (C=O) groups is 2. The Labute approximate surface area is 185 Å². The van der Waals surface area contributed by atoms with Gasteiger partial charge in [-0.15, -0.1) is 0 Å². The summed E-state index contributed by atoms with van der Waals surface area (Å²) in [6.07, 6.45) is 2.88. The Hall–Kier alpha value is -2.13. The average molecular weight is 452 g/mol. The van der Waals surface area contributed by atoms with Crippen LogP contribution in [0.1, 0.15) is 39.5 Å². The molecule has 2 aliphatic rings. The second kappa shape index (κ2) is 9.99. The molecule has 0 radical (unpaired) electrons. The molecule has 3 rings (SSSR count). The standard InChI is InChI=1S/C22H33N3O5S/c1-16(2)20(22(27)24-12-4-5-13-24)23-21(26)17-10-14-25(15-11-17)31(28,29)19-8-6-18(30-3)7-9-19/h6-9,16-17,20H,4-5,10-15H2,1-3H3,(H,23,26)/t20-/m1/s1. The third-order valence-corrected chi connectivity index (χ3v) is 8.08. The highest BCUT2D eigenvalue weighted by molar-refractivity contribution is 7.89. The number of carbonyl (C=O) groups excluding carboxylic acids is 2. The molecule has 1 aromatic carbocycles. The fraction of sp³-hybridized carbons (Fsp3) is 0.636. The van der Waals surface area contributed by atoms with Crippen molar-refractivity contribution in [3.8, 4) is 5.75 Å². The van der Waals surface area contributed by atoms with E-state index in [0.29, 0.717) is 18.6 Å². The van der Waals surface area contributed by atoms with Crippen LogP contribution in [0.25, 0.3) is 0 Å². The molecule has 8 nitrogen and oxygen atoms in total. The van der Waals surface area contributed by atoms with Crippen molar-refractivity contribution in [1.82, 2.24) is 14.5 Å². The zero-order chi connectivity index (χ0) is 22.6. The molecule has 1 atom stereocenters. The SMILES string of the molecule is COc1ccc(S(=O)(=O)N2CCC(C(=O)N[C@@H](C(=O)N3CCCC3)C(C)C)CC2)cc1. The summed E-state index contributed by atoms with van der Waals surface area (Å²) in [4.78, 5) is 27.7. The van der Waals surface area contributed by atoms with Crippen molar-refractivity contribution < 1.29 is 22.7 Å². The average Bonchev–Trinajstić information content (AvgIpc) is 3.32.